The van der Waals surface area contributed by atoms with Crippen molar-refractivity contribution in [3.05, 3.63) is 0 Å². The molecule has 0 fully saturated rings. The molecule has 0 radical (unpaired) electrons. The third kappa shape index (κ3) is 6.60. The van der Waals surface area contributed by atoms with Crippen molar-refractivity contribution in [3.8, 4) is 0 Å². The number of hydrogen-bond donors (Lipinski definition) is 1. The topological polar surface area (TPSA) is 86.2 Å². The zero-order chi connectivity index (χ0) is 6.95. The Morgan fingerprint density at radius 3 is 2.22 bits per heavy atom. The maximum Gasteiger partial charge on any atom is 0.0510 e. The van der Waals surface area contributed by atoms with E-state index in [-0.39, 0.29) is 0 Å². The van der Waals surface area contributed by atoms with Crippen LogP contribution >= 0.6 is 0 Å². The van der Waals surface area contributed by atoms with Crippen LogP contribution in [0, 0.1) is 0 Å². The predicted octanol–water partition coefficient (Wildman–Crippen LogP) is 0.937. The largest absolute Gasteiger partial charge is 0.293 e. The van der Waals surface area contributed by atoms with Gasteiger partial charge in [-0.3, -0.25) is 5.43 Å². The van der Waals surface area contributed by atoms with E-state index in [4.69, 9.17) is 0 Å². The molecule has 0 spiro atoms. The molecule has 7 nitrogen and oxygen atoms in total. The van der Waals surface area contributed by atoms with Crippen LogP contribution in [0.1, 0.15) is 0 Å². The minimum absolute atomic E-state index is 1.48. The number of nitrogens with one attached hydrogen (secondary N) is 1. The molecule has 9 heavy (non-hydrogen) atoms. The maximum absolute atomic E-state index is 3.28. The lowest BCUT2D eigenvalue weighted by atomic mass is 11.5. The van der Waals surface area contributed by atoms with Crippen LogP contribution in [-0.4, -0.2) is 14.1 Å². The van der Waals surface area contributed by atoms with Crippen LogP contribution < -0.4 is 5.43 Å². The lowest BCUT2D eigenvalue weighted by molar-refractivity contribution is 0.741. The Morgan fingerprint density at radius 1 is 1.00 bits per heavy atom. The minimum atomic E-state index is 1.48. The summed E-state index contributed by atoms with van der Waals surface area (Å²) in [7, 11) is 3.08. The average Bonchev–Trinajstić information content (AvgIpc) is 1.89. The Bertz CT molecular complexity index is 123. The van der Waals surface area contributed by atoms with E-state index < -0.39 is 0 Å². The quantitative estimate of drug-likeness (QED) is 0.446. The Kier molecular flexibility index (Phi) is 5.57. The van der Waals surface area contributed by atoms with Gasteiger partial charge in [-0.25, -0.2) is 0 Å². The standard InChI is InChI=1S/C2H7N7/c1-3-5-7-9-8-6-4-2/h1-2H3,(H,3,4,7,8). The van der Waals surface area contributed by atoms with E-state index in [1.807, 2.05) is 0 Å². The zero-order valence-electron chi connectivity index (χ0n) is 5.18. The molecule has 0 unspecified atom stereocenters. The Morgan fingerprint density at radius 2 is 1.67 bits per heavy atom. The van der Waals surface area contributed by atoms with Crippen molar-refractivity contribution in [3.63, 3.8) is 0 Å². The maximum atomic E-state index is 3.28. The van der Waals surface area contributed by atoms with Crippen LogP contribution in [-0.2, 0) is 0 Å². The first kappa shape index (κ1) is 7.60. The Labute approximate surface area is 51.9 Å². The van der Waals surface area contributed by atoms with Gasteiger partial charge in [-0.1, -0.05) is 5.22 Å². The molecule has 50 valence electrons. The highest BCUT2D eigenvalue weighted by molar-refractivity contribution is 4.09. The molecule has 0 aromatic heterocycles. The fourth-order valence-electron chi connectivity index (χ4n) is 0.140. The first-order valence-electron chi connectivity index (χ1n) is 2.17. The van der Waals surface area contributed by atoms with Crippen LogP contribution in [0.5, 0.6) is 0 Å². The second-order valence-electron chi connectivity index (χ2n) is 0.881. The van der Waals surface area contributed by atoms with Crippen molar-refractivity contribution in [2.75, 3.05) is 14.1 Å². The van der Waals surface area contributed by atoms with Crippen molar-refractivity contribution in [2.24, 2.45) is 31.2 Å². The van der Waals surface area contributed by atoms with Gasteiger partial charge < -0.3 is 0 Å². The van der Waals surface area contributed by atoms with Crippen molar-refractivity contribution in [2.45, 2.75) is 0 Å². The summed E-state index contributed by atoms with van der Waals surface area (Å²) in [4.78, 5) is 0. The molecule has 1 N–H and O–H groups in total. The van der Waals surface area contributed by atoms with Crippen molar-refractivity contribution in [1.29, 1.82) is 0 Å². The normalized spacial score (nSPS) is 12.2. The Hall–Kier alpha value is -1.40. The van der Waals surface area contributed by atoms with Gasteiger partial charge in [0.05, 0.1) is 7.05 Å². The van der Waals surface area contributed by atoms with Crippen molar-refractivity contribution in [1.82, 2.24) is 5.43 Å². The molecule has 0 aliphatic heterocycles. The van der Waals surface area contributed by atoms with E-state index in [2.05, 4.69) is 36.7 Å². The second-order valence-corrected chi connectivity index (χ2v) is 0.881. The molecule has 0 aliphatic carbocycles. The van der Waals surface area contributed by atoms with E-state index >= 15 is 0 Å². The highest BCUT2D eigenvalue weighted by Gasteiger charge is 1.61. The van der Waals surface area contributed by atoms with E-state index in [0.29, 0.717) is 0 Å². The number of nitrogens with zero attached hydrogens (tertiary/aromatic N) is 6. The molecule has 0 bridgehead atoms. The third-order valence-corrected chi connectivity index (χ3v) is 0.354. The summed E-state index contributed by atoms with van der Waals surface area (Å²) in [5, 5.41) is 19.0. The van der Waals surface area contributed by atoms with Gasteiger partial charge >= 0.3 is 0 Å². The molecule has 0 atom stereocenters. The fraction of sp³-hybridized carbons (Fsp3) is 1.00. The second kappa shape index (κ2) is 6.60. The van der Waals surface area contributed by atoms with E-state index in [9.17, 15) is 0 Å². The first-order chi connectivity index (χ1) is 4.41. The van der Waals surface area contributed by atoms with E-state index in [0.717, 1.165) is 0 Å². The minimum Gasteiger partial charge on any atom is -0.293 e. The fourth-order valence-corrected chi connectivity index (χ4v) is 0.140. The summed E-state index contributed by atoms with van der Waals surface area (Å²) in [5.74, 6) is 0. The van der Waals surface area contributed by atoms with Crippen LogP contribution in [0.25, 0.3) is 0 Å². The van der Waals surface area contributed by atoms with Crippen molar-refractivity contribution >= 4 is 0 Å². The zero-order valence-corrected chi connectivity index (χ0v) is 5.18. The number of hydrogen-bond acceptors (Lipinski definition) is 2. The molecular formula is C2H7N7. The SMILES string of the molecule is CN=NN=NN=NNC. The van der Waals surface area contributed by atoms with Gasteiger partial charge in [0.1, 0.15) is 0 Å². The van der Waals surface area contributed by atoms with E-state index in [1.165, 1.54) is 7.05 Å². The molecule has 0 saturated heterocycles. The highest BCUT2D eigenvalue weighted by atomic mass is 15.6. The van der Waals surface area contributed by atoms with Gasteiger partial charge in [0.25, 0.3) is 0 Å². The molecule has 0 saturated carbocycles. The summed E-state index contributed by atoms with van der Waals surface area (Å²) < 4.78 is 0. The smallest absolute Gasteiger partial charge is 0.0510 e. The average molecular weight is 129 g/mol. The summed E-state index contributed by atoms with van der Waals surface area (Å²) >= 11 is 0. The van der Waals surface area contributed by atoms with E-state index in [1.54, 1.807) is 7.05 Å². The van der Waals surface area contributed by atoms with Crippen LogP contribution in [0.2, 0.25) is 0 Å². The summed E-state index contributed by atoms with van der Waals surface area (Å²) in [5.41, 5.74) is 2.38. The molecule has 0 aromatic rings. The molecule has 0 aliphatic rings. The summed E-state index contributed by atoms with van der Waals surface area (Å²) in [6.07, 6.45) is 0. The molecule has 0 heterocycles. The lowest BCUT2D eigenvalue weighted by Crippen LogP contribution is -1.88. The summed E-state index contributed by atoms with van der Waals surface area (Å²) in [6.45, 7) is 0. The number of rotatable bonds is 3. The summed E-state index contributed by atoms with van der Waals surface area (Å²) in [6, 6.07) is 0. The molecule has 7 heteroatoms. The third-order valence-electron chi connectivity index (χ3n) is 0.354. The van der Waals surface area contributed by atoms with Gasteiger partial charge in [-0.15, -0.1) is 0 Å². The van der Waals surface area contributed by atoms with Gasteiger partial charge in [-0.05, 0) is 20.9 Å². The molecular weight excluding hydrogens is 122 g/mol. The van der Waals surface area contributed by atoms with Crippen LogP contribution in [0.3, 0.4) is 0 Å². The van der Waals surface area contributed by atoms with Gasteiger partial charge in [0, 0.05) is 7.05 Å². The van der Waals surface area contributed by atoms with Gasteiger partial charge in [-0.2, -0.15) is 5.11 Å². The highest BCUT2D eigenvalue weighted by Crippen LogP contribution is 1.78. The van der Waals surface area contributed by atoms with Crippen LogP contribution in [0.15, 0.2) is 31.2 Å². The molecule has 0 rings (SSSR count). The van der Waals surface area contributed by atoms with Crippen LogP contribution in [0.4, 0.5) is 0 Å². The molecule has 0 aromatic carbocycles. The lowest BCUT2D eigenvalue weighted by Gasteiger charge is -1.74. The predicted molar refractivity (Wildman–Crippen MR) is 29.6 cm³/mol. The first-order valence-corrected chi connectivity index (χ1v) is 2.17. The Balaban J connectivity index is 3.35. The monoisotopic (exact) mass is 129 g/mol. The van der Waals surface area contributed by atoms with Crippen molar-refractivity contribution < 1.29 is 0 Å². The van der Waals surface area contributed by atoms with Gasteiger partial charge in [0.2, 0.25) is 0 Å². The molecule has 0 amide bonds. The van der Waals surface area contributed by atoms with Gasteiger partial charge in [0.15, 0.2) is 0 Å².